The number of aromatic amines is 1. The SMILES string of the molecule is [Y].[c-]1[nH]ccc1-c1[c-]nc(-c2ccccn2)cc1. The molecule has 0 aromatic carbocycles. The number of hydrogen-bond donors (Lipinski definition) is 1. The van der Waals surface area contributed by atoms with Crippen LogP contribution in [0.5, 0.6) is 0 Å². The monoisotopic (exact) mass is 308 g/mol. The van der Waals surface area contributed by atoms with Gasteiger partial charge in [0, 0.05) is 50.3 Å². The van der Waals surface area contributed by atoms with E-state index < -0.39 is 0 Å². The van der Waals surface area contributed by atoms with Gasteiger partial charge >= 0.3 is 0 Å². The molecule has 85 valence electrons. The van der Waals surface area contributed by atoms with Crippen LogP contribution in [0.4, 0.5) is 0 Å². The summed E-state index contributed by atoms with van der Waals surface area (Å²) in [6, 6.07) is 11.6. The molecule has 3 heterocycles. The Morgan fingerprint density at radius 2 is 1.89 bits per heavy atom. The number of aromatic nitrogens is 3. The third-order valence-electron chi connectivity index (χ3n) is 2.46. The summed E-state index contributed by atoms with van der Waals surface area (Å²) in [6.45, 7) is 0. The summed E-state index contributed by atoms with van der Waals surface area (Å²) >= 11 is 0. The summed E-state index contributed by atoms with van der Waals surface area (Å²) in [7, 11) is 0. The van der Waals surface area contributed by atoms with Gasteiger partial charge in [0.25, 0.3) is 0 Å². The van der Waals surface area contributed by atoms with E-state index in [0.717, 1.165) is 22.5 Å². The minimum absolute atomic E-state index is 0. The third kappa shape index (κ3) is 2.74. The Bertz CT molecular complexity index is 589. The van der Waals surface area contributed by atoms with Crippen molar-refractivity contribution < 1.29 is 32.7 Å². The van der Waals surface area contributed by atoms with Gasteiger partial charge in [0.15, 0.2) is 0 Å². The zero-order chi connectivity index (χ0) is 11.5. The summed E-state index contributed by atoms with van der Waals surface area (Å²) in [6.07, 6.45) is 9.58. The molecule has 0 aliphatic carbocycles. The standard InChI is InChI=1S/C14H9N3.Y/c1-2-7-16-13(3-1)14-5-4-11(10-17-14)12-6-8-15-9-12;/h1-8,15H;/q-2;. The first kappa shape index (κ1) is 13.1. The molecule has 3 aromatic heterocycles. The Balaban J connectivity index is 0.00000120. The van der Waals surface area contributed by atoms with E-state index in [0.29, 0.717) is 0 Å². The molecular weight excluding hydrogens is 299 g/mol. The van der Waals surface area contributed by atoms with E-state index in [1.54, 1.807) is 6.20 Å². The largest absolute Gasteiger partial charge is 0.462 e. The summed E-state index contributed by atoms with van der Waals surface area (Å²) in [4.78, 5) is 11.4. The van der Waals surface area contributed by atoms with Crippen molar-refractivity contribution in [2.45, 2.75) is 0 Å². The number of nitrogens with zero attached hydrogens (tertiary/aromatic N) is 2. The van der Waals surface area contributed by atoms with E-state index in [9.17, 15) is 0 Å². The van der Waals surface area contributed by atoms with Crippen LogP contribution in [0.1, 0.15) is 0 Å². The number of pyridine rings is 2. The topological polar surface area (TPSA) is 41.6 Å². The van der Waals surface area contributed by atoms with Gasteiger partial charge in [-0.1, -0.05) is 12.3 Å². The molecule has 3 aromatic rings. The van der Waals surface area contributed by atoms with E-state index in [2.05, 4.69) is 27.3 Å². The van der Waals surface area contributed by atoms with Gasteiger partial charge in [-0.25, -0.2) is 17.2 Å². The van der Waals surface area contributed by atoms with Crippen LogP contribution in [0.25, 0.3) is 22.5 Å². The average Bonchev–Trinajstić information content (AvgIpc) is 2.94. The molecule has 0 aliphatic rings. The summed E-state index contributed by atoms with van der Waals surface area (Å²) in [5.41, 5.74) is 3.56. The maximum Gasteiger partial charge on any atom is 0.0465 e. The van der Waals surface area contributed by atoms with E-state index in [-0.39, 0.29) is 32.7 Å². The van der Waals surface area contributed by atoms with Gasteiger partial charge in [0.1, 0.15) is 0 Å². The predicted octanol–water partition coefficient (Wildman–Crippen LogP) is 2.74. The van der Waals surface area contributed by atoms with Crippen molar-refractivity contribution >= 4 is 0 Å². The molecular formula is C14H9N3Y-2. The van der Waals surface area contributed by atoms with Gasteiger partial charge in [-0.3, -0.25) is 4.98 Å². The smallest absolute Gasteiger partial charge is 0.0465 e. The molecule has 0 aliphatic heterocycles. The van der Waals surface area contributed by atoms with E-state index in [1.165, 1.54) is 0 Å². The fourth-order valence-electron chi connectivity index (χ4n) is 1.61. The molecule has 0 spiro atoms. The van der Waals surface area contributed by atoms with Crippen molar-refractivity contribution in [2.24, 2.45) is 0 Å². The van der Waals surface area contributed by atoms with Gasteiger partial charge in [-0.05, 0) is 12.1 Å². The molecule has 0 unspecified atom stereocenters. The van der Waals surface area contributed by atoms with Crippen molar-refractivity contribution in [2.75, 3.05) is 0 Å². The van der Waals surface area contributed by atoms with Crippen molar-refractivity contribution in [3.63, 3.8) is 0 Å². The second-order valence-electron chi connectivity index (χ2n) is 3.59. The van der Waals surface area contributed by atoms with Gasteiger partial charge in [0.05, 0.1) is 0 Å². The zero-order valence-electron chi connectivity index (χ0n) is 9.59. The molecule has 3 nitrogen and oxygen atoms in total. The van der Waals surface area contributed by atoms with Crippen molar-refractivity contribution in [3.05, 3.63) is 61.2 Å². The average molecular weight is 308 g/mol. The van der Waals surface area contributed by atoms with Gasteiger partial charge < -0.3 is 9.97 Å². The number of rotatable bonds is 2. The molecule has 1 radical (unpaired) electrons. The van der Waals surface area contributed by atoms with E-state index in [1.807, 2.05) is 42.6 Å². The van der Waals surface area contributed by atoms with E-state index >= 15 is 0 Å². The van der Waals surface area contributed by atoms with Gasteiger partial charge in [0.2, 0.25) is 0 Å². The van der Waals surface area contributed by atoms with Crippen LogP contribution in [0.2, 0.25) is 0 Å². The van der Waals surface area contributed by atoms with Crippen molar-refractivity contribution in [1.29, 1.82) is 0 Å². The molecule has 0 saturated carbocycles. The Labute approximate surface area is 131 Å². The quantitative estimate of drug-likeness (QED) is 0.740. The molecule has 0 fully saturated rings. The van der Waals surface area contributed by atoms with Crippen LogP contribution < -0.4 is 0 Å². The van der Waals surface area contributed by atoms with Crippen LogP contribution in [-0.4, -0.2) is 15.0 Å². The summed E-state index contributed by atoms with van der Waals surface area (Å²) in [5.74, 6) is 0. The van der Waals surface area contributed by atoms with Crippen molar-refractivity contribution in [1.82, 2.24) is 15.0 Å². The Hall–Kier alpha value is -1.32. The Morgan fingerprint density at radius 1 is 0.944 bits per heavy atom. The maximum atomic E-state index is 4.28. The first-order valence-corrected chi connectivity index (χ1v) is 5.29. The second kappa shape index (κ2) is 6.03. The third-order valence-corrected chi connectivity index (χ3v) is 2.46. The minimum atomic E-state index is 0. The molecule has 0 atom stereocenters. The van der Waals surface area contributed by atoms with Gasteiger partial charge in [-0.2, -0.15) is 6.07 Å². The molecule has 4 heteroatoms. The Morgan fingerprint density at radius 3 is 2.50 bits per heavy atom. The number of H-pyrrole nitrogens is 1. The van der Waals surface area contributed by atoms with Crippen LogP contribution >= 0.6 is 0 Å². The van der Waals surface area contributed by atoms with Crippen LogP contribution in [-0.2, 0) is 32.7 Å². The maximum absolute atomic E-state index is 4.28. The minimum Gasteiger partial charge on any atom is -0.462 e. The van der Waals surface area contributed by atoms with E-state index in [4.69, 9.17) is 0 Å². The first-order valence-electron chi connectivity index (χ1n) is 5.29. The predicted molar refractivity (Wildman–Crippen MR) is 64.9 cm³/mol. The van der Waals surface area contributed by atoms with Crippen LogP contribution in [0.15, 0.2) is 48.8 Å². The van der Waals surface area contributed by atoms with Crippen LogP contribution in [0.3, 0.4) is 0 Å². The summed E-state index contributed by atoms with van der Waals surface area (Å²) < 4.78 is 0. The fraction of sp³-hybridized carbons (Fsp3) is 0. The normalized spacial score (nSPS) is 9.78. The fourth-order valence-corrected chi connectivity index (χ4v) is 1.61. The van der Waals surface area contributed by atoms with Crippen molar-refractivity contribution in [3.8, 4) is 22.5 Å². The van der Waals surface area contributed by atoms with Crippen LogP contribution in [0, 0.1) is 12.4 Å². The molecule has 0 saturated heterocycles. The second-order valence-corrected chi connectivity index (χ2v) is 3.59. The molecule has 1 N–H and O–H groups in total. The molecule has 0 bridgehead atoms. The number of nitrogens with one attached hydrogen (secondary N) is 1. The number of hydrogen-bond acceptors (Lipinski definition) is 2. The first-order chi connectivity index (χ1) is 8.43. The van der Waals surface area contributed by atoms with Gasteiger partial charge in [-0.15, -0.1) is 18.5 Å². The molecule has 3 rings (SSSR count). The zero-order valence-corrected chi connectivity index (χ0v) is 12.4. The molecule has 0 amide bonds. The molecule has 18 heavy (non-hydrogen) atoms. The summed E-state index contributed by atoms with van der Waals surface area (Å²) in [5, 5.41) is 0. The Kier molecular flexibility index (Phi) is 4.40.